The molecule has 1 aromatic heterocycles. The highest BCUT2D eigenvalue weighted by Gasteiger charge is 2.19. The fraction of sp³-hybridized carbons (Fsp3) is 0.286. The third-order valence-electron chi connectivity index (χ3n) is 3.03. The Bertz CT molecular complexity index is 649. The average molecular weight is 296 g/mol. The lowest BCUT2D eigenvalue weighted by atomic mass is 10.0. The Balaban J connectivity index is 2.54. The first-order valence-electron chi connectivity index (χ1n) is 5.77. The van der Waals surface area contributed by atoms with E-state index in [-0.39, 0.29) is 5.15 Å². The molecule has 19 heavy (non-hydrogen) atoms. The van der Waals surface area contributed by atoms with Crippen molar-refractivity contribution in [3.05, 3.63) is 38.9 Å². The first kappa shape index (κ1) is 14.0. The highest BCUT2D eigenvalue weighted by Crippen LogP contribution is 2.34. The molecule has 2 aromatic rings. The zero-order valence-corrected chi connectivity index (χ0v) is 12.8. The van der Waals surface area contributed by atoms with E-state index in [1.807, 2.05) is 6.92 Å². The molecule has 0 bridgehead atoms. The summed E-state index contributed by atoms with van der Waals surface area (Å²) in [5.41, 5.74) is 4.54. The van der Waals surface area contributed by atoms with Crippen molar-refractivity contribution in [2.24, 2.45) is 0 Å². The number of aromatic nitrogens is 1. The molecule has 1 heterocycles. The second-order valence-electron chi connectivity index (χ2n) is 4.38. The Kier molecular flexibility index (Phi) is 3.92. The molecule has 5 heteroatoms. The van der Waals surface area contributed by atoms with E-state index in [0.717, 1.165) is 16.1 Å². The number of thiazole rings is 1. The molecular formula is C14H14ClNO2S. The molecule has 0 unspecified atom stereocenters. The Labute approximate surface area is 121 Å². The van der Waals surface area contributed by atoms with Crippen LogP contribution < -0.4 is 0 Å². The number of carbonyl (C=O) groups excluding carboxylic acids is 1. The van der Waals surface area contributed by atoms with E-state index in [1.54, 1.807) is 0 Å². The molecule has 0 aliphatic rings. The fourth-order valence-corrected chi connectivity index (χ4v) is 3.11. The molecule has 0 aliphatic heterocycles. The summed E-state index contributed by atoms with van der Waals surface area (Å²) in [7, 11) is 1.33. The molecule has 0 saturated carbocycles. The van der Waals surface area contributed by atoms with Gasteiger partial charge in [0.1, 0.15) is 5.01 Å². The highest BCUT2D eigenvalue weighted by molar-refractivity contribution is 7.17. The zero-order chi connectivity index (χ0) is 14.2. The Morgan fingerprint density at radius 1 is 1.21 bits per heavy atom. The third-order valence-corrected chi connectivity index (χ3v) is 4.48. The van der Waals surface area contributed by atoms with Gasteiger partial charge in [-0.15, -0.1) is 11.3 Å². The first-order valence-corrected chi connectivity index (χ1v) is 6.96. The topological polar surface area (TPSA) is 39.2 Å². The van der Waals surface area contributed by atoms with Gasteiger partial charge < -0.3 is 4.74 Å². The van der Waals surface area contributed by atoms with Crippen molar-refractivity contribution in [2.45, 2.75) is 20.8 Å². The number of halogens is 1. The second kappa shape index (κ2) is 5.31. The van der Waals surface area contributed by atoms with Gasteiger partial charge in [-0.05, 0) is 43.5 Å². The molecular weight excluding hydrogens is 282 g/mol. The van der Waals surface area contributed by atoms with Gasteiger partial charge >= 0.3 is 5.97 Å². The van der Waals surface area contributed by atoms with Gasteiger partial charge in [-0.25, -0.2) is 9.78 Å². The summed E-state index contributed by atoms with van der Waals surface area (Å²) < 4.78 is 4.69. The van der Waals surface area contributed by atoms with E-state index in [2.05, 4.69) is 35.7 Å². The number of hydrogen-bond donors (Lipinski definition) is 0. The largest absolute Gasteiger partial charge is 0.465 e. The van der Waals surface area contributed by atoms with Crippen LogP contribution in [-0.4, -0.2) is 18.1 Å². The zero-order valence-electron chi connectivity index (χ0n) is 11.2. The smallest absolute Gasteiger partial charge is 0.351 e. The van der Waals surface area contributed by atoms with Gasteiger partial charge in [0.25, 0.3) is 0 Å². The van der Waals surface area contributed by atoms with E-state index in [1.165, 1.54) is 29.6 Å². The molecule has 0 amide bonds. The molecule has 100 valence electrons. The fourth-order valence-electron chi connectivity index (χ4n) is 1.83. The number of esters is 1. The van der Waals surface area contributed by atoms with Crippen LogP contribution in [0.3, 0.4) is 0 Å². The Hall–Kier alpha value is -1.39. The predicted molar refractivity (Wildman–Crippen MR) is 78.1 cm³/mol. The molecule has 1 aromatic carbocycles. The van der Waals surface area contributed by atoms with Crippen LogP contribution in [0.5, 0.6) is 0 Å². The number of ether oxygens (including phenoxy) is 1. The summed E-state index contributed by atoms with van der Waals surface area (Å²) in [5.74, 6) is -0.449. The standard InChI is InChI=1S/C14H14ClNO2S/c1-7-5-9(3)10(6-8(7)2)13-16-12(15)11(19-13)14(17)18-4/h5-6H,1-4H3. The number of nitrogens with zero attached hydrogens (tertiary/aromatic N) is 1. The molecule has 3 nitrogen and oxygen atoms in total. The summed E-state index contributed by atoms with van der Waals surface area (Å²) in [5, 5.41) is 0.940. The molecule has 0 spiro atoms. The number of benzene rings is 1. The van der Waals surface area contributed by atoms with Crippen molar-refractivity contribution in [3.8, 4) is 10.6 Å². The Morgan fingerprint density at radius 2 is 1.84 bits per heavy atom. The van der Waals surface area contributed by atoms with Crippen LogP contribution >= 0.6 is 22.9 Å². The number of carbonyl (C=O) groups is 1. The third kappa shape index (κ3) is 2.65. The molecule has 0 fully saturated rings. The summed E-state index contributed by atoms with van der Waals surface area (Å²) in [6, 6.07) is 4.18. The average Bonchev–Trinajstić information content (AvgIpc) is 2.75. The van der Waals surface area contributed by atoms with Crippen molar-refractivity contribution in [1.29, 1.82) is 0 Å². The quantitative estimate of drug-likeness (QED) is 0.780. The first-order chi connectivity index (χ1) is 8.93. The Morgan fingerprint density at radius 3 is 2.47 bits per heavy atom. The maximum absolute atomic E-state index is 11.5. The van der Waals surface area contributed by atoms with E-state index < -0.39 is 5.97 Å². The van der Waals surface area contributed by atoms with Crippen LogP contribution in [0.2, 0.25) is 5.15 Å². The van der Waals surface area contributed by atoms with Crippen LogP contribution in [0.15, 0.2) is 12.1 Å². The van der Waals surface area contributed by atoms with Gasteiger partial charge in [0.15, 0.2) is 10.0 Å². The molecule has 0 saturated heterocycles. The minimum absolute atomic E-state index is 0.199. The van der Waals surface area contributed by atoms with E-state index >= 15 is 0 Å². The van der Waals surface area contributed by atoms with Gasteiger partial charge in [0.05, 0.1) is 7.11 Å². The summed E-state index contributed by atoms with van der Waals surface area (Å²) in [6.07, 6.45) is 0. The maximum Gasteiger partial charge on any atom is 0.351 e. The summed E-state index contributed by atoms with van der Waals surface area (Å²) >= 11 is 7.25. The normalized spacial score (nSPS) is 10.6. The predicted octanol–water partition coefficient (Wildman–Crippen LogP) is 4.18. The van der Waals surface area contributed by atoms with Gasteiger partial charge in [-0.3, -0.25) is 0 Å². The van der Waals surface area contributed by atoms with Gasteiger partial charge in [-0.1, -0.05) is 17.7 Å². The molecule has 0 atom stereocenters. The molecule has 2 rings (SSSR count). The molecule has 0 N–H and O–H groups in total. The van der Waals surface area contributed by atoms with E-state index in [0.29, 0.717) is 4.88 Å². The molecule has 0 aliphatic carbocycles. The van der Waals surface area contributed by atoms with Gasteiger partial charge in [0, 0.05) is 5.56 Å². The van der Waals surface area contributed by atoms with Crippen molar-refractivity contribution in [1.82, 2.24) is 4.98 Å². The monoisotopic (exact) mass is 295 g/mol. The minimum Gasteiger partial charge on any atom is -0.465 e. The van der Waals surface area contributed by atoms with Gasteiger partial charge in [0.2, 0.25) is 0 Å². The summed E-state index contributed by atoms with van der Waals surface area (Å²) in [4.78, 5) is 16.2. The van der Waals surface area contributed by atoms with Crippen LogP contribution in [0, 0.1) is 20.8 Å². The van der Waals surface area contributed by atoms with Crippen molar-refractivity contribution >= 4 is 28.9 Å². The number of methoxy groups -OCH3 is 1. The maximum atomic E-state index is 11.5. The van der Waals surface area contributed by atoms with Gasteiger partial charge in [-0.2, -0.15) is 0 Å². The van der Waals surface area contributed by atoms with Crippen molar-refractivity contribution in [3.63, 3.8) is 0 Å². The van der Waals surface area contributed by atoms with Crippen LogP contribution in [-0.2, 0) is 4.74 Å². The lowest BCUT2D eigenvalue weighted by Gasteiger charge is -2.07. The minimum atomic E-state index is -0.449. The molecule has 0 radical (unpaired) electrons. The van der Waals surface area contributed by atoms with E-state index in [4.69, 9.17) is 11.6 Å². The SMILES string of the molecule is COC(=O)c1sc(-c2cc(C)c(C)cc2C)nc1Cl. The van der Waals surface area contributed by atoms with Crippen LogP contribution in [0.25, 0.3) is 10.6 Å². The van der Waals surface area contributed by atoms with Crippen molar-refractivity contribution in [2.75, 3.05) is 7.11 Å². The second-order valence-corrected chi connectivity index (χ2v) is 5.74. The number of hydrogen-bond acceptors (Lipinski definition) is 4. The van der Waals surface area contributed by atoms with Crippen LogP contribution in [0.1, 0.15) is 26.4 Å². The lowest BCUT2D eigenvalue weighted by Crippen LogP contribution is -1.98. The number of rotatable bonds is 2. The highest BCUT2D eigenvalue weighted by atomic mass is 35.5. The summed E-state index contributed by atoms with van der Waals surface area (Å²) in [6.45, 7) is 6.14. The lowest BCUT2D eigenvalue weighted by molar-refractivity contribution is 0.0606. The van der Waals surface area contributed by atoms with E-state index in [9.17, 15) is 4.79 Å². The van der Waals surface area contributed by atoms with Crippen molar-refractivity contribution < 1.29 is 9.53 Å². The number of aryl methyl sites for hydroxylation is 3. The van der Waals surface area contributed by atoms with Crippen LogP contribution in [0.4, 0.5) is 0 Å².